The van der Waals surface area contributed by atoms with Gasteiger partial charge in [0.1, 0.15) is 24.0 Å². The monoisotopic (exact) mass is 389 g/mol. The molecule has 152 valence electrons. The van der Waals surface area contributed by atoms with Gasteiger partial charge in [0, 0.05) is 19.2 Å². The molecule has 1 aliphatic heterocycles. The maximum Gasteiger partial charge on any atom is 0.245 e. The lowest BCUT2D eigenvalue weighted by atomic mass is 9.88. The van der Waals surface area contributed by atoms with E-state index >= 15 is 0 Å². The second-order valence-electron chi connectivity index (χ2n) is 7.61. The molecule has 0 aromatic heterocycles. The van der Waals surface area contributed by atoms with Crippen LogP contribution in [0.5, 0.6) is 5.75 Å². The van der Waals surface area contributed by atoms with Gasteiger partial charge in [-0.05, 0) is 48.8 Å². The van der Waals surface area contributed by atoms with Gasteiger partial charge in [0.15, 0.2) is 0 Å². The molecule has 1 saturated heterocycles. The standard InChI is InChI=1S/C21H28FN3O3/c1-14(2)10-19(24-20(26)4-7-23)21(27)25-8-5-15(6-9-25)16-11-17(22)13-18(12-16)28-3/h11-15,19H,4-6,8-10H2,1-3H3,(H,24,26). The maximum absolute atomic E-state index is 13.8. The van der Waals surface area contributed by atoms with Crippen molar-refractivity contribution in [3.05, 3.63) is 29.6 Å². The lowest BCUT2D eigenvalue weighted by Gasteiger charge is -2.35. The topological polar surface area (TPSA) is 82.4 Å². The largest absolute Gasteiger partial charge is 0.497 e. The molecule has 2 rings (SSSR count). The summed E-state index contributed by atoms with van der Waals surface area (Å²) in [5.74, 6) is 0.00767. The molecule has 0 saturated carbocycles. The smallest absolute Gasteiger partial charge is 0.245 e. The fraction of sp³-hybridized carbons (Fsp3) is 0.571. The van der Waals surface area contributed by atoms with Gasteiger partial charge in [0.05, 0.1) is 13.2 Å². The zero-order chi connectivity index (χ0) is 20.7. The molecule has 7 heteroatoms. The van der Waals surface area contributed by atoms with Crippen LogP contribution < -0.4 is 10.1 Å². The minimum atomic E-state index is -0.619. The number of hydrogen-bond donors (Lipinski definition) is 1. The van der Waals surface area contributed by atoms with Gasteiger partial charge in [0.2, 0.25) is 11.8 Å². The summed E-state index contributed by atoms with van der Waals surface area (Å²) in [6, 6.07) is 5.90. The van der Waals surface area contributed by atoms with E-state index in [9.17, 15) is 14.0 Å². The van der Waals surface area contributed by atoms with E-state index in [2.05, 4.69) is 5.32 Å². The number of rotatable bonds is 7. The number of amides is 2. The molecule has 2 amide bonds. The van der Waals surface area contributed by atoms with Gasteiger partial charge in [-0.2, -0.15) is 5.26 Å². The molecule has 1 aromatic carbocycles. The van der Waals surface area contributed by atoms with Gasteiger partial charge in [-0.15, -0.1) is 0 Å². The van der Waals surface area contributed by atoms with Crippen molar-refractivity contribution in [1.82, 2.24) is 10.2 Å². The first-order valence-electron chi connectivity index (χ1n) is 9.63. The molecule has 0 spiro atoms. The average Bonchev–Trinajstić information content (AvgIpc) is 2.66. The van der Waals surface area contributed by atoms with Crippen LogP contribution in [0.1, 0.15) is 51.0 Å². The van der Waals surface area contributed by atoms with E-state index in [1.54, 1.807) is 11.0 Å². The third-order valence-corrected chi connectivity index (χ3v) is 4.99. The minimum Gasteiger partial charge on any atom is -0.497 e. The lowest BCUT2D eigenvalue weighted by molar-refractivity contribution is -0.137. The van der Waals surface area contributed by atoms with Crippen LogP contribution in [0.3, 0.4) is 0 Å². The second kappa shape index (κ2) is 10.1. The number of nitriles is 1. The number of ether oxygens (including phenoxy) is 1. The Morgan fingerprint density at radius 1 is 1.32 bits per heavy atom. The van der Waals surface area contributed by atoms with Crippen LogP contribution in [0.2, 0.25) is 0 Å². The first kappa shape index (κ1) is 21.7. The molecule has 1 heterocycles. The summed E-state index contributed by atoms with van der Waals surface area (Å²) in [4.78, 5) is 26.5. The molecule has 1 N–H and O–H groups in total. The van der Waals surface area contributed by atoms with Crippen molar-refractivity contribution in [1.29, 1.82) is 5.26 Å². The molecule has 0 aliphatic carbocycles. The number of carbonyl (C=O) groups is 2. The Morgan fingerprint density at radius 2 is 2.00 bits per heavy atom. The lowest BCUT2D eigenvalue weighted by Crippen LogP contribution is -2.51. The summed E-state index contributed by atoms with van der Waals surface area (Å²) >= 11 is 0. The van der Waals surface area contributed by atoms with Crippen molar-refractivity contribution < 1.29 is 18.7 Å². The van der Waals surface area contributed by atoms with Gasteiger partial charge in [-0.3, -0.25) is 9.59 Å². The first-order chi connectivity index (χ1) is 13.3. The Labute approximate surface area is 165 Å². The average molecular weight is 389 g/mol. The van der Waals surface area contributed by atoms with Crippen molar-refractivity contribution in [3.8, 4) is 11.8 Å². The van der Waals surface area contributed by atoms with Gasteiger partial charge in [-0.25, -0.2) is 4.39 Å². The molecule has 6 nitrogen and oxygen atoms in total. The van der Waals surface area contributed by atoms with Crippen LogP contribution in [0.25, 0.3) is 0 Å². The quantitative estimate of drug-likeness (QED) is 0.777. The van der Waals surface area contributed by atoms with E-state index in [-0.39, 0.29) is 30.0 Å². The van der Waals surface area contributed by atoms with Crippen LogP contribution in [0.15, 0.2) is 18.2 Å². The van der Waals surface area contributed by atoms with Crippen molar-refractivity contribution >= 4 is 11.8 Å². The zero-order valence-corrected chi connectivity index (χ0v) is 16.7. The number of nitrogens with zero attached hydrogens (tertiary/aromatic N) is 2. The van der Waals surface area contributed by atoms with E-state index in [0.717, 1.165) is 18.4 Å². The predicted octanol–water partition coefficient (Wildman–Crippen LogP) is 2.98. The van der Waals surface area contributed by atoms with Gasteiger partial charge in [-0.1, -0.05) is 13.8 Å². The third kappa shape index (κ3) is 5.95. The second-order valence-corrected chi connectivity index (χ2v) is 7.61. The first-order valence-corrected chi connectivity index (χ1v) is 9.63. The van der Waals surface area contributed by atoms with Gasteiger partial charge < -0.3 is 15.0 Å². The number of benzene rings is 1. The summed E-state index contributed by atoms with van der Waals surface area (Å²) in [5, 5.41) is 11.4. The summed E-state index contributed by atoms with van der Waals surface area (Å²) in [5.41, 5.74) is 0.880. The van der Waals surface area contributed by atoms with Crippen LogP contribution >= 0.6 is 0 Å². The highest BCUT2D eigenvalue weighted by Crippen LogP contribution is 2.31. The fourth-order valence-corrected chi connectivity index (χ4v) is 3.60. The molecular weight excluding hydrogens is 361 g/mol. The molecule has 28 heavy (non-hydrogen) atoms. The number of methoxy groups -OCH3 is 1. The molecule has 1 fully saturated rings. The van der Waals surface area contributed by atoms with E-state index in [0.29, 0.717) is 25.3 Å². The SMILES string of the molecule is COc1cc(F)cc(C2CCN(C(=O)C(CC(C)C)NC(=O)CC#N)CC2)c1. The molecule has 1 aromatic rings. The van der Waals surface area contributed by atoms with Crippen LogP contribution in [-0.2, 0) is 9.59 Å². The molecular formula is C21H28FN3O3. The van der Waals surface area contributed by atoms with Gasteiger partial charge >= 0.3 is 0 Å². The predicted molar refractivity (Wildman–Crippen MR) is 103 cm³/mol. The normalized spacial score (nSPS) is 15.8. The van der Waals surface area contributed by atoms with Crippen LogP contribution in [0.4, 0.5) is 4.39 Å². The highest BCUT2D eigenvalue weighted by molar-refractivity contribution is 5.88. The van der Waals surface area contributed by atoms with Crippen molar-refractivity contribution in [3.63, 3.8) is 0 Å². The van der Waals surface area contributed by atoms with Gasteiger partial charge in [0.25, 0.3) is 0 Å². The third-order valence-electron chi connectivity index (χ3n) is 4.99. The number of nitrogens with one attached hydrogen (secondary N) is 1. The van der Waals surface area contributed by atoms with E-state index in [1.165, 1.54) is 19.2 Å². The molecule has 1 atom stereocenters. The van der Waals surface area contributed by atoms with E-state index < -0.39 is 11.9 Å². The Hall–Kier alpha value is -2.62. The number of carbonyl (C=O) groups excluding carboxylic acids is 2. The number of hydrogen-bond acceptors (Lipinski definition) is 4. The van der Waals surface area contributed by atoms with Crippen LogP contribution in [-0.4, -0.2) is 43.0 Å². The fourth-order valence-electron chi connectivity index (χ4n) is 3.60. The maximum atomic E-state index is 13.8. The number of halogens is 1. The van der Waals surface area contributed by atoms with E-state index in [1.807, 2.05) is 19.9 Å². The van der Waals surface area contributed by atoms with Crippen LogP contribution in [0, 0.1) is 23.1 Å². The molecule has 1 aliphatic rings. The highest BCUT2D eigenvalue weighted by atomic mass is 19.1. The summed E-state index contributed by atoms with van der Waals surface area (Å²) in [7, 11) is 1.51. The Morgan fingerprint density at radius 3 is 2.57 bits per heavy atom. The van der Waals surface area contributed by atoms with Crippen molar-refractivity contribution in [2.75, 3.05) is 20.2 Å². The number of likely N-dealkylation sites (tertiary alicyclic amines) is 1. The highest BCUT2D eigenvalue weighted by Gasteiger charge is 2.30. The summed E-state index contributed by atoms with van der Waals surface area (Å²) in [6.45, 7) is 5.07. The van der Waals surface area contributed by atoms with Crippen molar-refractivity contribution in [2.24, 2.45) is 5.92 Å². The zero-order valence-electron chi connectivity index (χ0n) is 16.7. The van der Waals surface area contributed by atoms with E-state index in [4.69, 9.17) is 10.00 Å². The molecule has 1 unspecified atom stereocenters. The molecule has 0 radical (unpaired) electrons. The summed E-state index contributed by atoms with van der Waals surface area (Å²) < 4.78 is 18.9. The summed E-state index contributed by atoms with van der Waals surface area (Å²) in [6.07, 6.45) is 1.71. The number of piperidine rings is 1. The minimum absolute atomic E-state index is 0.115. The molecule has 0 bridgehead atoms. The Kier molecular flexibility index (Phi) is 7.80. The Balaban J connectivity index is 2.01. The Bertz CT molecular complexity index is 737. The van der Waals surface area contributed by atoms with Crippen molar-refractivity contribution in [2.45, 2.75) is 51.5 Å².